The summed E-state index contributed by atoms with van der Waals surface area (Å²) in [6.45, 7) is 4.59. The first-order valence-corrected chi connectivity index (χ1v) is 7.26. The molecule has 0 aliphatic carbocycles. The number of ether oxygens (including phenoxy) is 2. The summed E-state index contributed by atoms with van der Waals surface area (Å²) in [4.78, 5) is 0. The molecule has 2 aromatic carbocycles. The minimum Gasteiger partial charge on any atom is -0.496 e. The molecule has 1 unspecified atom stereocenters. The Morgan fingerprint density at radius 1 is 1.14 bits per heavy atom. The SMILES string of the molecule is CCc1cccc(OCC(N)c2cc(C)ccc2OC)c1. The first kappa shape index (κ1) is 15.4. The zero-order valence-electron chi connectivity index (χ0n) is 12.9. The largest absolute Gasteiger partial charge is 0.496 e. The van der Waals surface area contributed by atoms with Crippen molar-refractivity contribution in [3.63, 3.8) is 0 Å². The highest BCUT2D eigenvalue weighted by molar-refractivity contribution is 5.39. The molecule has 2 aromatic rings. The maximum atomic E-state index is 6.25. The molecule has 0 saturated heterocycles. The van der Waals surface area contributed by atoms with Gasteiger partial charge in [-0.25, -0.2) is 0 Å². The number of benzene rings is 2. The van der Waals surface area contributed by atoms with E-state index in [1.807, 2.05) is 31.2 Å². The maximum Gasteiger partial charge on any atom is 0.123 e. The van der Waals surface area contributed by atoms with Crippen molar-refractivity contribution in [1.82, 2.24) is 0 Å². The minimum absolute atomic E-state index is 0.217. The summed E-state index contributed by atoms with van der Waals surface area (Å²) in [6.07, 6.45) is 0.995. The lowest BCUT2D eigenvalue weighted by Crippen LogP contribution is -2.20. The molecule has 2 N–H and O–H groups in total. The number of hydrogen-bond acceptors (Lipinski definition) is 3. The maximum absolute atomic E-state index is 6.25. The molecule has 0 aliphatic heterocycles. The third kappa shape index (κ3) is 3.99. The van der Waals surface area contributed by atoms with Gasteiger partial charge in [-0.3, -0.25) is 0 Å². The van der Waals surface area contributed by atoms with Gasteiger partial charge in [0, 0.05) is 5.56 Å². The average molecular weight is 285 g/mol. The number of aryl methyl sites for hydroxylation is 2. The molecule has 2 rings (SSSR count). The second-order valence-corrected chi connectivity index (χ2v) is 5.16. The molecule has 0 radical (unpaired) electrons. The van der Waals surface area contributed by atoms with Crippen LogP contribution in [-0.2, 0) is 6.42 Å². The standard InChI is InChI=1S/C18H23NO2/c1-4-14-6-5-7-15(11-14)21-12-17(19)16-10-13(2)8-9-18(16)20-3/h5-11,17H,4,12,19H2,1-3H3. The van der Waals surface area contributed by atoms with E-state index in [2.05, 4.69) is 25.1 Å². The van der Waals surface area contributed by atoms with Gasteiger partial charge in [0.1, 0.15) is 18.1 Å². The monoisotopic (exact) mass is 285 g/mol. The predicted octanol–water partition coefficient (Wildman–Crippen LogP) is 3.64. The van der Waals surface area contributed by atoms with Crippen molar-refractivity contribution in [1.29, 1.82) is 0 Å². The lowest BCUT2D eigenvalue weighted by atomic mass is 10.0. The highest BCUT2D eigenvalue weighted by atomic mass is 16.5. The van der Waals surface area contributed by atoms with Crippen molar-refractivity contribution >= 4 is 0 Å². The summed E-state index contributed by atoms with van der Waals surface area (Å²) in [5, 5.41) is 0. The summed E-state index contributed by atoms with van der Waals surface area (Å²) in [6, 6.07) is 13.9. The summed E-state index contributed by atoms with van der Waals surface area (Å²) in [7, 11) is 1.66. The van der Waals surface area contributed by atoms with E-state index >= 15 is 0 Å². The molecule has 0 aromatic heterocycles. The topological polar surface area (TPSA) is 44.5 Å². The highest BCUT2D eigenvalue weighted by Gasteiger charge is 2.13. The fraction of sp³-hybridized carbons (Fsp3) is 0.333. The van der Waals surface area contributed by atoms with Crippen molar-refractivity contribution in [2.75, 3.05) is 13.7 Å². The van der Waals surface area contributed by atoms with Crippen LogP contribution in [0.2, 0.25) is 0 Å². The van der Waals surface area contributed by atoms with Crippen LogP contribution in [0, 0.1) is 6.92 Å². The number of hydrogen-bond donors (Lipinski definition) is 1. The van der Waals surface area contributed by atoms with Gasteiger partial charge in [-0.15, -0.1) is 0 Å². The average Bonchev–Trinajstić information content (AvgIpc) is 2.52. The molecule has 0 amide bonds. The Balaban J connectivity index is 2.07. The Labute approximate surface area is 126 Å². The first-order valence-electron chi connectivity index (χ1n) is 7.26. The Hall–Kier alpha value is -2.00. The number of rotatable bonds is 6. The summed E-state index contributed by atoms with van der Waals surface area (Å²) in [5.74, 6) is 1.66. The van der Waals surface area contributed by atoms with Crippen LogP contribution in [0.4, 0.5) is 0 Å². The van der Waals surface area contributed by atoms with Crippen LogP contribution in [0.25, 0.3) is 0 Å². The fourth-order valence-corrected chi connectivity index (χ4v) is 2.27. The zero-order valence-corrected chi connectivity index (χ0v) is 12.9. The van der Waals surface area contributed by atoms with Crippen molar-refractivity contribution in [3.8, 4) is 11.5 Å². The Bertz CT molecular complexity index is 596. The summed E-state index contributed by atoms with van der Waals surface area (Å²) in [5.41, 5.74) is 9.65. The fourth-order valence-electron chi connectivity index (χ4n) is 2.27. The molecule has 0 bridgehead atoms. The third-order valence-electron chi connectivity index (χ3n) is 3.52. The van der Waals surface area contributed by atoms with Crippen LogP contribution in [-0.4, -0.2) is 13.7 Å². The van der Waals surface area contributed by atoms with Crippen LogP contribution in [0.1, 0.15) is 29.7 Å². The van der Waals surface area contributed by atoms with Crippen LogP contribution < -0.4 is 15.2 Å². The zero-order chi connectivity index (χ0) is 15.2. The van der Waals surface area contributed by atoms with Crippen molar-refractivity contribution < 1.29 is 9.47 Å². The molecule has 112 valence electrons. The van der Waals surface area contributed by atoms with E-state index in [9.17, 15) is 0 Å². The van der Waals surface area contributed by atoms with E-state index in [1.165, 1.54) is 5.56 Å². The van der Waals surface area contributed by atoms with Gasteiger partial charge in [0.2, 0.25) is 0 Å². The second-order valence-electron chi connectivity index (χ2n) is 5.16. The summed E-state index contributed by atoms with van der Waals surface area (Å²) >= 11 is 0. The molecule has 0 saturated carbocycles. The second kappa shape index (κ2) is 7.14. The molecular formula is C18H23NO2. The molecule has 0 aliphatic rings. The van der Waals surface area contributed by atoms with Gasteiger partial charge in [0.25, 0.3) is 0 Å². The van der Waals surface area contributed by atoms with E-state index in [-0.39, 0.29) is 6.04 Å². The van der Waals surface area contributed by atoms with Crippen molar-refractivity contribution in [2.24, 2.45) is 5.73 Å². The van der Waals surface area contributed by atoms with Gasteiger partial charge >= 0.3 is 0 Å². The molecule has 3 heteroatoms. The van der Waals surface area contributed by atoms with Gasteiger partial charge in [-0.05, 0) is 37.1 Å². The van der Waals surface area contributed by atoms with Gasteiger partial charge < -0.3 is 15.2 Å². The van der Waals surface area contributed by atoms with Gasteiger partial charge in [-0.2, -0.15) is 0 Å². The molecule has 0 heterocycles. The minimum atomic E-state index is -0.217. The first-order chi connectivity index (χ1) is 10.1. The Kier molecular flexibility index (Phi) is 5.23. The lowest BCUT2D eigenvalue weighted by molar-refractivity contribution is 0.286. The van der Waals surface area contributed by atoms with E-state index in [4.69, 9.17) is 15.2 Å². The molecule has 3 nitrogen and oxygen atoms in total. The molecule has 1 atom stereocenters. The van der Waals surface area contributed by atoms with Crippen LogP contribution in [0.15, 0.2) is 42.5 Å². The Morgan fingerprint density at radius 3 is 2.67 bits per heavy atom. The predicted molar refractivity (Wildman–Crippen MR) is 86.0 cm³/mol. The van der Waals surface area contributed by atoms with Crippen LogP contribution in [0.3, 0.4) is 0 Å². The molecule has 0 fully saturated rings. The number of nitrogens with two attached hydrogens (primary N) is 1. The van der Waals surface area contributed by atoms with Crippen LogP contribution in [0.5, 0.6) is 11.5 Å². The van der Waals surface area contributed by atoms with Crippen LogP contribution >= 0.6 is 0 Å². The lowest BCUT2D eigenvalue weighted by Gasteiger charge is -2.17. The Morgan fingerprint density at radius 2 is 1.95 bits per heavy atom. The van der Waals surface area contributed by atoms with E-state index in [0.717, 1.165) is 29.0 Å². The van der Waals surface area contributed by atoms with Gasteiger partial charge in [0.15, 0.2) is 0 Å². The van der Waals surface area contributed by atoms with Crippen molar-refractivity contribution in [2.45, 2.75) is 26.3 Å². The summed E-state index contributed by atoms with van der Waals surface area (Å²) < 4.78 is 11.2. The van der Waals surface area contributed by atoms with E-state index < -0.39 is 0 Å². The smallest absolute Gasteiger partial charge is 0.123 e. The molecule has 0 spiro atoms. The third-order valence-corrected chi connectivity index (χ3v) is 3.52. The van der Waals surface area contributed by atoms with Crippen molar-refractivity contribution in [3.05, 3.63) is 59.2 Å². The molecular weight excluding hydrogens is 262 g/mol. The quantitative estimate of drug-likeness (QED) is 0.881. The highest BCUT2D eigenvalue weighted by Crippen LogP contribution is 2.25. The van der Waals surface area contributed by atoms with E-state index in [1.54, 1.807) is 7.11 Å². The normalized spacial score (nSPS) is 12.0. The number of methoxy groups -OCH3 is 1. The van der Waals surface area contributed by atoms with Gasteiger partial charge in [0.05, 0.1) is 13.2 Å². The van der Waals surface area contributed by atoms with Gasteiger partial charge in [-0.1, -0.05) is 36.8 Å². The van der Waals surface area contributed by atoms with E-state index in [0.29, 0.717) is 6.61 Å². The molecule has 21 heavy (non-hydrogen) atoms.